The van der Waals surface area contributed by atoms with Crippen LogP contribution in [0.25, 0.3) is 0 Å². The monoisotopic (exact) mass is 389 g/mol. The number of halogens is 1. The zero-order valence-corrected chi connectivity index (χ0v) is 15.4. The van der Waals surface area contributed by atoms with Gasteiger partial charge in [0.15, 0.2) is 11.6 Å². The number of nitro groups is 1. The van der Waals surface area contributed by atoms with Crippen LogP contribution in [0.15, 0.2) is 42.5 Å². The summed E-state index contributed by atoms with van der Waals surface area (Å²) in [6, 6.07) is 9.16. The van der Waals surface area contributed by atoms with E-state index in [2.05, 4.69) is 10.6 Å². The van der Waals surface area contributed by atoms with Crippen molar-refractivity contribution in [2.24, 2.45) is 0 Å². The Morgan fingerprint density at radius 2 is 1.89 bits per heavy atom. The topological polar surface area (TPSA) is 111 Å². The van der Waals surface area contributed by atoms with Crippen molar-refractivity contribution in [2.45, 2.75) is 19.4 Å². The van der Waals surface area contributed by atoms with E-state index in [9.17, 15) is 24.1 Å². The molecule has 0 aliphatic heterocycles. The first kappa shape index (κ1) is 20.8. The fourth-order valence-electron chi connectivity index (χ4n) is 2.48. The van der Waals surface area contributed by atoms with Gasteiger partial charge in [0.25, 0.3) is 11.6 Å². The summed E-state index contributed by atoms with van der Waals surface area (Å²) in [5.41, 5.74) is 0.731. The van der Waals surface area contributed by atoms with Gasteiger partial charge in [0.2, 0.25) is 5.91 Å². The normalized spacial score (nSPS) is 11.4. The van der Waals surface area contributed by atoms with E-state index in [-0.39, 0.29) is 35.9 Å². The van der Waals surface area contributed by atoms with E-state index in [4.69, 9.17) is 4.74 Å². The largest absolute Gasteiger partial charge is 0.494 e. The number of nitrogens with one attached hydrogen (secondary N) is 2. The number of hydrogen-bond donors (Lipinski definition) is 2. The average molecular weight is 389 g/mol. The molecule has 2 aromatic rings. The van der Waals surface area contributed by atoms with Crippen LogP contribution in [0.3, 0.4) is 0 Å². The van der Waals surface area contributed by atoms with Gasteiger partial charge in [-0.3, -0.25) is 19.7 Å². The molecule has 2 N–H and O–H groups in total. The van der Waals surface area contributed by atoms with Crippen LogP contribution in [0.2, 0.25) is 0 Å². The van der Waals surface area contributed by atoms with Crippen molar-refractivity contribution in [2.75, 3.05) is 13.7 Å². The van der Waals surface area contributed by atoms with Gasteiger partial charge in [-0.25, -0.2) is 4.39 Å². The van der Waals surface area contributed by atoms with Gasteiger partial charge in [-0.05, 0) is 36.8 Å². The molecule has 8 nitrogen and oxygen atoms in total. The number of rotatable bonds is 8. The molecular formula is C19H20FN3O5. The molecule has 0 radical (unpaired) electrons. The molecule has 0 fully saturated rings. The van der Waals surface area contributed by atoms with Crippen LogP contribution in [-0.2, 0) is 4.79 Å². The third-order valence-electron chi connectivity index (χ3n) is 4.03. The number of methoxy groups -OCH3 is 1. The molecule has 2 rings (SSSR count). The first-order valence-electron chi connectivity index (χ1n) is 8.47. The SMILES string of the molecule is COc1ccc([C@@H](C)NC(=O)CCNC(=O)c2ccc([N+](=O)[O-])cc2)cc1F. The number of ether oxygens (including phenoxy) is 1. The molecule has 0 saturated carbocycles. The molecule has 0 spiro atoms. The molecule has 0 aromatic heterocycles. The quantitative estimate of drug-likeness (QED) is 0.533. The van der Waals surface area contributed by atoms with Crippen LogP contribution >= 0.6 is 0 Å². The van der Waals surface area contributed by atoms with Crippen molar-refractivity contribution in [1.29, 1.82) is 0 Å². The zero-order chi connectivity index (χ0) is 20.7. The summed E-state index contributed by atoms with van der Waals surface area (Å²) in [7, 11) is 1.37. The molecule has 0 heterocycles. The van der Waals surface area contributed by atoms with E-state index in [1.54, 1.807) is 13.0 Å². The number of carbonyl (C=O) groups is 2. The second-order valence-corrected chi connectivity index (χ2v) is 5.99. The number of benzene rings is 2. The molecule has 2 aromatic carbocycles. The number of amides is 2. The Balaban J connectivity index is 1.81. The van der Waals surface area contributed by atoms with Gasteiger partial charge in [0, 0.05) is 30.7 Å². The third kappa shape index (κ3) is 5.50. The van der Waals surface area contributed by atoms with Crippen LogP contribution in [0.4, 0.5) is 10.1 Å². The summed E-state index contributed by atoms with van der Waals surface area (Å²) in [6.07, 6.45) is 0.0295. The highest BCUT2D eigenvalue weighted by atomic mass is 19.1. The second-order valence-electron chi connectivity index (χ2n) is 5.99. The van der Waals surface area contributed by atoms with E-state index in [0.717, 1.165) is 0 Å². The Kier molecular flexibility index (Phi) is 7.02. The molecule has 0 bridgehead atoms. The van der Waals surface area contributed by atoms with Gasteiger partial charge >= 0.3 is 0 Å². The minimum Gasteiger partial charge on any atom is -0.494 e. The number of hydrogen-bond acceptors (Lipinski definition) is 5. The Hall–Kier alpha value is -3.49. The molecule has 0 saturated heterocycles. The number of carbonyl (C=O) groups excluding carboxylic acids is 2. The second kappa shape index (κ2) is 9.45. The molecule has 0 unspecified atom stereocenters. The van der Waals surface area contributed by atoms with Gasteiger partial charge < -0.3 is 15.4 Å². The maximum Gasteiger partial charge on any atom is 0.269 e. The molecule has 0 aliphatic carbocycles. The van der Waals surface area contributed by atoms with Gasteiger partial charge in [-0.15, -0.1) is 0 Å². The first-order valence-corrected chi connectivity index (χ1v) is 8.47. The number of non-ortho nitro benzene ring substituents is 1. The fraction of sp³-hybridized carbons (Fsp3) is 0.263. The lowest BCUT2D eigenvalue weighted by Gasteiger charge is -2.15. The summed E-state index contributed by atoms with van der Waals surface area (Å²) in [4.78, 5) is 34.0. The fourth-order valence-corrected chi connectivity index (χ4v) is 2.48. The average Bonchev–Trinajstić information content (AvgIpc) is 2.67. The number of nitro benzene ring substituents is 1. The van der Waals surface area contributed by atoms with Crippen LogP contribution in [0.5, 0.6) is 5.75 Å². The lowest BCUT2D eigenvalue weighted by Crippen LogP contribution is -2.32. The lowest BCUT2D eigenvalue weighted by molar-refractivity contribution is -0.384. The van der Waals surface area contributed by atoms with Crippen molar-refractivity contribution in [3.63, 3.8) is 0 Å². The van der Waals surface area contributed by atoms with Crippen molar-refractivity contribution in [3.05, 3.63) is 69.5 Å². The maximum absolute atomic E-state index is 13.7. The highest BCUT2D eigenvalue weighted by molar-refractivity contribution is 5.94. The van der Waals surface area contributed by atoms with Crippen molar-refractivity contribution in [1.82, 2.24) is 10.6 Å². The maximum atomic E-state index is 13.7. The van der Waals surface area contributed by atoms with Gasteiger partial charge in [-0.2, -0.15) is 0 Å². The van der Waals surface area contributed by atoms with Crippen LogP contribution in [0, 0.1) is 15.9 Å². The molecular weight excluding hydrogens is 369 g/mol. The van der Waals surface area contributed by atoms with Crippen molar-refractivity contribution >= 4 is 17.5 Å². The predicted molar refractivity (Wildman–Crippen MR) is 99.6 cm³/mol. The van der Waals surface area contributed by atoms with Gasteiger partial charge in [0.1, 0.15) is 0 Å². The minimum atomic E-state index is -0.554. The van der Waals surface area contributed by atoms with Crippen LogP contribution in [0.1, 0.15) is 35.3 Å². The Labute approximate surface area is 160 Å². The molecule has 28 heavy (non-hydrogen) atoms. The first-order chi connectivity index (χ1) is 13.3. The number of nitrogens with zero attached hydrogens (tertiary/aromatic N) is 1. The van der Waals surface area contributed by atoms with E-state index in [1.165, 1.54) is 43.5 Å². The van der Waals surface area contributed by atoms with E-state index >= 15 is 0 Å². The summed E-state index contributed by atoms with van der Waals surface area (Å²) >= 11 is 0. The lowest BCUT2D eigenvalue weighted by atomic mass is 10.1. The standard InChI is InChI=1S/C19H20FN3O5/c1-12(14-5-8-17(28-2)16(20)11-14)22-18(24)9-10-21-19(25)13-3-6-15(7-4-13)23(26)27/h3-8,11-12H,9-10H2,1-2H3,(H,21,25)(H,22,24)/t12-/m1/s1. The highest BCUT2D eigenvalue weighted by Crippen LogP contribution is 2.21. The third-order valence-corrected chi connectivity index (χ3v) is 4.03. The molecule has 148 valence electrons. The summed E-state index contributed by atoms with van der Waals surface area (Å²) in [5, 5.41) is 15.9. The van der Waals surface area contributed by atoms with Crippen LogP contribution < -0.4 is 15.4 Å². The predicted octanol–water partition coefficient (Wildman–Crippen LogP) is 2.74. The van der Waals surface area contributed by atoms with E-state index < -0.39 is 22.7 Å². The van der Waals surface area contributed by atoms with E-state index in [0.29, 0.717) is 5.56 Å². The Morgan fingerprint density at radius 1 is 1.21 bits per heavy atom. The van der Waals surface area contributed by atoms with Crippen molar-refractivity contribution < 1.29 is 23.6 Å². The summed E-state index contributed by atoms with van der Waals surface area (Å²) in [5.74, 6) is -1.15. The molecule has 0 aliphatic rings. The van der Waals surface area contributed by atoms with Gasteiger partial charge in [-0.1, -0.05) is 6.07 Å². The van der Waals surface area contributed by atoms with Crippen LogP contribution in [-0.4, -0.2) is 30.4 Å². The minimum absolute atomic E-state index is 0.0295. The molecule has 1 atom stereocenters. The zero-order valence-electron chi connectivity index (χ0n) is 15.4. The molecule has 9 heteroatoms. The smallest absolute Gasteiger partial charge is 0.269 e. The Morgan fingerprint density at radius 3 is 2.46 bits per heavy atom. The van der Waals surface area contributed by atoms with E-state index in [1.807, 2.05) is 0 Å². The summed E-state index contributed by atoms with van der Waals surface area (Å²) in [6.45, 7) is 1.81. The summed E-state index contributed by atoms with van der Waals surface area (Å²) < 4.78 is 18.6. The van der Waals surface area contributed by atoms with Crippen molar-refractivity contribution in [3.8, 4) is 5.75 Å². The Bertz CT molecular complexity index is 870. The van der Waals surface area contributed by atoms with Gasteiger partial charge in [0.05, 0.1) is 18.1 Å². The molecule has 2 amide bonds. The highest BCUT2D eigenvalue weighted by Gasteiger charge is 2.13.